The van der Waals surface area contributed by atoms with Gasteiger partial charge >= 0.3 is 0 Å². The SMILES string of the molecule is Cc1c(C)c2c(c(-c3ccccc3)c1C)C(=O)C(C)C2. The summed E-state index contributed by atoms with van der Waals surface area (Å²) < 4.78 is 0. The van der Waals surface area contributed by atoms with Crippen LogP contribution in [0.25, 0.3) is 11.1 Å². The van der Waals surface area contributed by atoms with Gasteiger partial charge in [-0.3, -0.25) is 4.79 Å². The number of hydrogen-bond donors (Lipinski definition) is 0. The lowest BCUT2D eigenvalue weighted by Crippen LogP contribution is -2.06. The van der Waals surface area contributed by atoms with Crippen LogP contribution >= 0.6 is 0 Å². The van der Waals surface area contributed by atoms with Crippen LogP contribution < -0.4 is 0 Å². The van der Waals surface area contributed by atoms with Gasteiger partial charge in [0.25, 0.3) is 0 Å². The highest BCUT2D eigenvalue weighted by Crippen LogP contribution is 2.40. The Kier molecular flexibility index (Phi) is 3.01. The van der Waals surface area contributed by atoms with Crippen LogP contribution in [-0.4, -0.2) is 5.78 Å². The molecule has 0 fully saturated rings. The van der Waals surface area contributed by atoms with Crippen molar-refractivity contribution in [3.05, 3.63) is 58.1 Å². The number of hydrogen-bond acceptors (Lipinski definition) is 1. The summed E-state index contributed by atoms with van der Waals surface area (Å²) in [5.41, 5.74) is 8.42. The van der Waals surface area contributed by atoms with Gasteiger partial charge in [0.1, 0.15) is 0 Å². The lowest BCUT2D eigenvalue weighted by molar-refractivity contribution is 0.0947. The largest absolute Gasteiger partial charge is 0.294 e. The van der Waals surface area contributed by atoms with Gasteiger partial charge in [-0.2, -0.15) is 0 Å². The standard InChI is InChI=1S/C19H20O/c1-11-10-16-13(3)12(2)14(4)17(18(16)19(11)20)15-8-6-5-7-9-15/h5-9,11H,10H2,1-4H3. The van der Waals surface area contributed by atoms with Crippen LogP contribution in [0.15, 0.2) is 30.3 Å². The molecule has 0 aromatic heterocycles. The van der Waals surface area contributed by atoms with E-state index in [1.165, 1.54) is 22.3 Å². The van der Waals surface area contributed by atoms with E-state index in [9.17, 15) is 4.79 Å². The summed E-state index contributed by atoms with van der Waals surface area (Å²) in [4.78, 5) is 12.6. The van der Waals surface area contributed by atoms with Crippen molar-refractivity contribution in [3.63, 3.8) is 0 Å². The summed E-state index contributed by atoms with van der Waals surface area (Å²) in [5, 5.41) is 0. The molecule has 1 unspecified atom stereocenters. The van der Waals surface area contributed by atoms with Crippen LogP contribution in [0.1, 0.15) is 39.5 Å². The molecule has 0 radical (unpaired) electrons. The second kappa shape index (κ2) is 4.59. The van der Waals surface area contributed by atoms with Gasteiger partial charge in [-0.05, 0) is 60.6 Å². The molecule has 0 saturated heterocycles. The molecule has 0 aliphatic heterocycles. The Hall–Kier alpha value is -1.89. The van der Waals surface area contributed by atoms with E-state index >= 15 is 0 Å². The lowest BCUT2D eigenvalue weighted by Gasteiger charge is -2.17. The van der Waals surface area contributed by atoms with E-state index in [0.717, 1.165) is 23.1 Å². The second-order valence-electron chi connectivity index (χ2n) is 5.94. The van der Waals surface area contributed by atoms with Crippen LogP contribution in [-0.2, 0) is 6.42 Å². The molecule has 0 bridgehead atoms. The summed E-state index contributed by atoms with van der Waals surface area (Å²) in [6.07, 6.45) is 0.890. The highest BCUT2D eigenvalue weighted by Gasteiger charge is 2.33. The highest BCUT2D eigenvalue weighted by atomic mass is 16.1. The van der Waals surface area contributed by atoms with E-state index in [1.807, 2.05) is 25.1 Å². The number of carbonyl (C=O) groups is 1. The Morgan fingerprint density at radius 2 is 1.55 bits per heavy atom. The van der Waals surface area contributed by atoms with E-state index in [4.69, 9.17) is 0 Å². The molecule has 20 heavy (non-hydrogen) atoms. The molecular weight excluding hydrogens is 244 g/mol. The van der Waals surface area contributed by atoms with Crippen LogP contribution in [0.5, 0.6) is 0 Å². The van der Waals surface area contributed by atoms with Crippen molar-refractivity contribution in [1.29, 1.82) is 0 Å². The number of Topliss-reactive ketones (excluding diaryl/α,β-unsaturated/α-hetero) is 1. The highest BCUT2D eigenvalue weighted by molar-refractivity contribution is 6.08. The average Bonchev–Trinajstić information content (AvgIpc) is 2.75. The fraction of sp³-hybridized carbons (Fsp3) is 0.316. The Balaban J connectivity index is 2.39. The Morgan fingerprint density at radius 1 is 0.900 bits per heavy atom. The predicted molar refractivity (Wildman–Crippen MR) is 83.3 cm³/mol. The molecule has 1 nitrogen and oxygen atoms in total. The molecular formula is C19H20O. The summed E-state index contributed by atoms with van der Waals surface area (Å²) in [6, 6.07) is 10.3. The summed E-state index contributed by atoms with van der Waals surface area (Å²) >= 11 is 0. The minimum Gasteiger partial charge on any atom is -0.294 e. The fourth-order valence-corrected chi connectivity index (χ4v) is 3.36. The molecule has 0 spiro atoms. The van der Waals surface area contributed by atoms with Crippen molar-refractivity contribution in [3.8, 4) is 11.1 Å². The minimum atomic E-state index is 0.118. The van der Waals surface area contributed by atoms with Gasteiger partial charge < -0.3 is 0 Å². The van der Waals surface area contributed by atoms with Gasteiger partial charge in [0.15, 0.2) is 5.78 Å². The first-order valence-electron chi connectivity index (χ1n) is 7.24. The van der Waals surface area contributed by atoms with E-state index in [-0.39, 0.29) is 5.92 Å². The average molecular weight is 264 g/mol. The first kappa shape index (κ1) is 13.1. The third-order valence-corrected chi connectivity index (χ3v) is 4.77. The maximum atomic E-state index is 12.6. The van der Waals surface area contributed by atoms with Crippen molar-refractivity contribution in [1.82, 2.24) is 0 Å². The zero-order chi connectivity index (χ0) is 14.4. The van der Waals surface area contributed by atoms with E-state index in [1.54, 1.807) is 0 Å². The first-order chi connectivity index (χ1) is 9.52. The molecule has 0 heterocycles. The molecule has 1 heteroatoms. The van der Waals surface area contributed by atoms with E-state index in [0.29, 0.717) is 5.78 Å². The smallest absolute Gasteiger partial charge is 0.166 e. The van der Waals surface area contributed by atoms with Crippen molar-refractivity contribution < 1.29 is 4.79 Å². The summed E-state index contributed by atoms with van der Waals surface area (Å²) in [6.45, 7) is 8.51. The van der Waals surface area contributed by atoms with Crippen LogP contribution in [0.4, 0.5) is 0 Å². The zero-order valence-electron chi connectivity index (χ0n) is 12.6. The van der Waals surface area contributed by atoms with Crippen molar-refractivity contribution >= 4 is 5.78 Å². The maximum absolute atomic E-state index is 12.6. The molecule has 2 aromatic rings. The van der Waals surface area contributed by atoms with Crippen molar-refractivity contribution in [2.75, 3.05) is 0 Å². The number of fused-ring (bicyclic) bond motifs is 1. The third kappa shape index (κ3) is 1.73. The quantitative estimate of drug-likeness (QED) is 0.732. The molecule has 1 aliphatic rings. The topological polar surface area (TPSA) is 17.1 Å². The minimum absolute atomic E-state index is 0.118. The number of rotatable bonds is 1. The van der Waals surface area contributed by atoms with Crippen molar-refractivity contribution in [2.45, 2.75) is 34.1 Å². The Morgan fingerprint density at radius 3 is 2.20 bits per heavy atom. The monoisotopic (exact) mass is 264 g/mol. The van der Waals surface area contributed by atoms with Crippen molar-refractivity contribution in [2.24, 2.45) is 5.92 Å². The molecule has 0 saturated carbocycles. The number of ketones is 1. The predicted octanol–water partition coefficient (Wildman–Crippen LogP) is 4.65. The molecule has 1 aliphatic carbocycles. The van der Waals surface area contributed by atoms with Gasteiger partial charge in [0.05, 0.1) is 0 Å². The van der Waals surface area contributed by atoms with Gasteiger partial charge in [-0.15, -0.1) is 0 Å². The fourth-order valence-electron chi connectivity index (χ4n) is 3.36. The van der Waals surface area contributed by atoms with Gasteiger partial charge in [0, 0.05) is 11.5 Å². The van der Waals surface area contributed by atoms with Crippen LogP contribution in [0.3, 0.4) is 0 Å². The normalized spacial score (nSPS) is 17.4. The summed E-state index contributed by atoms with van der Waals surface area (Å²) in [5.74, 6) is 0.428. The number of carbonyl (C=O) groups excluding carboxylic acids is 1. The van der Waals surface area contributed by atoms with Gasteiger partial charge in [0.2, 0.25) is 0 Å². The second-order valence-corrected chi connectivity index (χ2v) is 5.94. The molecule has 1 atom stereocenters. The molecule has 102 valence electrons. The van der Waals surface area contributed by atoms with Crippen LogP contribution in [0.2, 0.25) is 0 Å². The first-order valence-corrected chi connectivity index (χ1v) is 7.24. The molecule has 2 aromatic carbocycles. The molecule has 0 amide bonds. The lowest BCUT2D eigenvalue weighted by atomic mass is 9.86. The maximum Gasteiger partial charge on any atom is 0.166 e. The van der Waals surface area contributed by atoms with Gasteiger partial charge in [-0.25, -0.2) is 0 Å². The molecule has 0 N–H and O–H groups in total. The summed E-state index contributed by atoms with van der Waals surface area (Å²) in [7, 11) is 0. The third-order valence-electron chi connectivity index (χ3n) is 4.77. The Labute approximate surface area is 120 Å². The van der Waals surface area contributed by atoms with Crippen LogP contribution in [0, 0.1) is 26.7 Å². The van der Waals surface area contributed by atoms with Gasteiger partial charge in [-0.1, -0.05) is 37.3 Å². The Bertz CT molecular complexity index is 696. The van der Waals surface area contributed by atoms with E-state index in [2.05, 4.69) is 32.9 Å². The number of benzene rings is 2. The van der Waals surface area contributed by atoms with E-state index < -0.39 is 0 Å². The molecule has 3 rings (SSSR count). The zero-order valence-corrected chi connectivity index (χ0v) is 12.6.